The van der Waals surface area contributed by atoms with E-state index in [1.807, 2.05) is 36.7 Å². The average molecular weight is 421 g/mol. The number of aromatic nitrogens is 4. The summed E-state index contributed by atoms with van der Waals surface area (Å²) in [7, 11) is 0. The maximum atomic E-state index is 12.9. The molecule has 1 N–H and O–H groups in total. The zero-order chi connectivity index (χ0) is 21.1. The van der Waals surface area contributed by atoms with Crippen LogP contribution < -0.4 is 5.56 Å². The van der Waals surface area contributed by atoms with E-state index in [-0.39, 0.29) is 12.2 Å². The van der Waals surface area contributed by atoms with Crippen LogP contribution in [0.3, 0.4) is 0 Å². The second-order valence-corrected chi connectivity index (χ2v) is 8.18. The number of para-hydroxylation sites is 1. The predicted octanol–water partition coefficient (Wildman–Crippen LogP) is 3.87. The third kappa shape index (κ3) is 4.17. The van der Waals surface area contributed by atoms with Gasteiger partial charge in [-0.2, -0.15) is 5.10 Å². The summed E-state index contributed by atoms with van der Waals surface area (Å²) in [5.74, 6) is 0.696. The third-order valence-corrected chi connectivity index (χ3v) is 5.97. The smallest absolute Gasteiger partial charge is 0.262 e. The van der Waals surface area contributed by atoms with Gasteiger partial charge in [0.1, 0.15) is 0 Å². The Balaban J connectivity index is 1.58. The van der Waals surface area contributed by atoms with E-state index in [1.165, 1.54) is 11.8 Å². The first-order chi connectivity index (χ1) is 14.6. The lowest BCUT2D eigenvalue weighted by atomic mass is 10.2. The van der Waals surface area contributed by atoms with Crippen molar-refractivity contribution >= 4 is 22.7 Å². The van der Waals surface area contributed by atoms with E-state index in [0.29, 0.717) is 34.8 Å². The lowest BCUT2D eigenvalue weighted by Crippen LogP contribution is -2.24. The molecule has 7 heteroatoms. The van der Waals surface area contributed by atoms with Crippen LogP contribution in [0.15, 0.2) is 64.5 Å². The van der Waals surface area contributed by atoms with E-state index in [1.54, 1.807) is 10.6 Å². The topological polar surface area (TPSA) is 72.9 Å². The van der Waals surface area contributed by atoms with Gasteiger partial charge in [-0.25, -0.2) is 9.67 Å². The average Bonchev–Trinajstić information content (AvgIpc) is 3.10. The first kappa shape index (κ1) is 20.4. The predicted molar refractivity (Wildman–Crippen MR) is 120 cm³/mol. The van der Waals surface area contributed by atoms with Crippen molar-refractivity contribution in [2.24, 2.45) is 0 Å². The summed E-state index contributed by atoms with van der Waals surface area (Å²) in [5, 5.41) is 15.0. The molecule has 0 saturated carbocycles. The van der Waals surface area contributed by atoms with Gasteiger partial charge in [-0.1, -0.05) is 36.0 Å². The second kappa shape index (κ2) is 8.85. The Morgan fingerprint density at radius 1 is 1.07 bits per heavy atom. The molecule has 0 spiro atoms. The lowest BCUT2D eigenvalue weighted by molar-refractivity contribution is 0.276. The van der Waals surface area contributed by atoms with Gasteiger partial charge >= 0.3 is 0 Å². The van der Waals surface area contributed by atoms with Crippen molar-refractivity contribution in [3.05, 3.63) is 81.9 Å². The highest BCUT2D eigenvalue weighted by atomic mass is 32.2. The standard InChI is InChI=1S/C23H24N4O2S/c1-16-14-17(2)27(25-16)19-10-8-18(9-11-19)15-30-23-24-21-7-4-3-6-20(21)22(29)26(23)12-5-13-28/h3-4,6-11,14,28H,5,12-13,15H2,1-2H3. The van der Waals surface area contributed by atoms with Gasteiger partial charge in [-0.3, -0.25) is 9.36 Å². The number of nitrogens with zero attached hydrogens (tertiary/aromatic N) is 4. The Hall–Kier alpha value is -2.90. The molecule has 0 fully saturated rings. The van der Waals surface area contributed by atoms with Crippen LogP contribution in [-0.2, 0) is 12.3 Å². The first-order valence-electron chi connectivity index (χ1n) is 9.92. The van der Waals surface area contributed by atoms with Crippen molar-refractivity contribution in [1.29, 1.82) is 0 Å². The summed E-state index contributed by atoms with van der Waals surface area (Å²) in [5.41, 5.74) is 4.90. The van der Waals surface area contributed by atoms with E-state index in [9.17, 15) is 9.90 Å². The van der Waals surface area contributed by atoms with Gasteiger partial charge in [0, 0.05) is 24.6 Å². The van der Waals surface area contributed by atoms with Crippen LogP contribution in [0.4, 0.5) is 0 Å². The monoisotopic (exact) mass is 420 g/mol. The van der Waals surface area contributed by atoms with E-state index >= 15 is 0 Å². The molecule has 0 bridgehead atoms. The van der Waals surface area contributed by atoms with Crippen LogP contribution in [0, 0.1) is 13.8 Å². The van der Waals surface area contributed by atoms with Crippen molar-refractivity contribution in [3.8, 4) is 5.69 Å². The van der Waals surface area contributed by atoms with Crippen molar-refractivity contribution in [2.45, 2.75) is 37.7 Å². The van der Waals surface area contributed by atoms with Crippen LogP contribution >= 0.6 is 11.8 Å². The molecule has 0 amide bonds. The minimum Gasteiger partial charge on any atom is -0.396 e. The van der Waals surface area contributed by atoms with Crippen molar-refractivity contribution in [3.63, 3.8) is 0 Å². The highest BCUT2D eigenvalue weighted by Gasteiger charge is 2.12. The van der Waals surface area contributed by atoms with Crippen molar-refractivity contribution in [1.82, 2.24) is 19.3 Å². The van der Waals surface area contributed by atoms with E-state index in [0.717, 1.165) is 22.6 Å². The summed E-state index contributed by atoms with van der Waals surface area (Å²) < 4.78 is 3.61. The van der Waals surface area contributed by atoms with Gasteiger partial charge in [0.2, 0.25) is 0 Å². The zero-order valence-electron chi connectivity index (χ0n) is 17.1. The fourth-order valence-electron chi connectivity index (χ4n) is 3.46. The largest absolute Gasteiger partial charge is 0.396 e. The van der Waals surface area contributed by atoms with Gasteiger partial charge < -0.3 is 5.11 Å². The molecule has 30 heavy (non-hydrogen) atoms. The maximum absolute atomic E-state index is 12.9. The normalized spacial score (nSPS) is 11.3. The Labute approximate surface area is 179 Å². The van der Waals surface area contributed by atoms with Crippen LogP contribution in [0.5, 0.6) is 0 Å². The Morgan fingerprint density at radius 2 is 1.83 bits per heavy atom. The minimum atomic E-state index is -0.0589. The Kier molecular flexibility index (Phi) is 6.01. The fourth-order valence-corrected chi connectivity index (χ4v) is 4.44. The second-order valence-electron chi connectivity index (χ2n) is 7.24. The zero-order valence-corrected chi connectivity index (χ0v) is 17.9. The van der Waals surface area contributed by atoms with Crippen LogP contribution in [-0.4, -0.2) is 31.0 Å². The number of aryl methyl sites for hydroxylation is 2. The van der Waals surface area contributed by atoms with Crippen molar-refractivity contribution in [2.75, 3.05) is 6.61 Å². The molecular formula is C23H24N4O2S. The van der Waals surface area contributed by atoms with Gasteiger partial charge in [-0.05, 0) is 56.2 Å². The lowest BCUT2D eigenvalue weighted by Gasteiger charge is -2.13. The molecule has 154 valence electrons. The quantitative estimate of drug-likeness (QED) is 0.363. The van der Waals surface area contributed by atoms with Crippen LogP contribution in [0.2, 0.25) is 0 Å². The molecule has 0 atom stereocenters. The van der Waals surface area contributed by atoms with E-state index < -0.39 is 0 Å². The summed E-state index contributed by atoms with van der Waals surface area (Å²) in [6, 6.07) is 17.7. The number of rotatable bonds is 7. The SMILES string of the molecule is Cc1cc(C)n(-c2ccc(CSc3nc4ccccc4c(=O)n3CCCO)cc2)n1. The number of aliphatic hydroxyl groups excluding tert-OH is 1. The van der Waals surface area contributed by atoms with Gasteiger partial charge in [-0.15, -0.1) is 0 Å². The maximum Gasteiger partial charge on any atom is 0.262 e. The molecule has 0 radical (unpaired) electrons. The molecule has 2 heterocycles. The third-order valence-electron chi connectivity index (χ3n) is 4.92. The number of hydrogen-bond donors (Lipinski definition) is 1. The molecule has 0 saturated heterocycles. The molecule has 0 aliphatic rings. The summed E-state index contributed by atoms with van der Waals surface area (Å²) in [6.07, 6.45) is 0.519. The summed E-state index contributed by atoms with van der Waals surface area (Å²) in [4.78, 5) is 17.6. The molecule has 4 aromatic rings. The molecule has 2 aromatic heterocycles. The molecule has 2 aromatic carbocycles. The number of aliphatic hydroxyl groups is 1. The van der Waals surface area contributed by atoms with Crippen molar-refractivity contribution < 1.29 is 5.11 Å². The van der Waals surface area contributed by atoms with E-state index in [4.69, 9.17) is 4.98 Å². The molecule has 6 nitrogen and oxygen atoms in total. The number of benzene rings is 2. The van der Waals surface area contributed by atoms with Gasteiger partial charge in [0.05, 0.1) is 22.3 Å². The summed E-state index contributed by atoms with van der Waals surface area (Å²) >= 11 is 1.54. The van der Waals surface area contributed by atoms with Gasteiger partial charge in [0.15, 0.2) is 5.16 Å². The molecular weight excluding hydrogens is 396 g/mol. The molecule has 4 rings (SSSR count). The molecule has 0 aliphatic carbocycles. The minimum absolute atomic E-state index is 0.0388. The highest BCUT2D eigenvalue weighted by molar-refractivity contribution is 7.98. The van der Waals surface area contributed by atoms with E-state index in [2.05, 4.69) is 35.4 Å². The summed E-state index contributed by atoms with van der Waals surface area (Å²) in [6.45, 7) is 4.52. The first-order valence-corrected chi connectivity index (χ1v) is 10.9. The molecule has 0 unspecified atom stereocenters. The molecule has 0 aliphatic heterocycles. The fraction of sp³-hybridized carbons (Fsp3) is 0.261. The van der Waals surface area contributed by atoms with Crippen LogP contribution in [0.1, 0.15) is 23.4 Å². The Bertz CT molecular complexity index is 1230. The highest BCUT2D eigenvalue weighted by Crippen LogP contribution is 2.23. The van der Waals surface area contributed by atoms with Gasteiger partial charge in [0.25, 0.3) is 5.56 Å². The van der Waals surface area contributed by atoms with Crippen LogP contribution in [0.25, 0.3) is 16.6 Å². The number of fused-ring (bicyclic) bond motifs is 1. The Morgan fingerprint density at radius 3 is 2.53 bits per heavy atom. The number of thioether (sulfide) groups is 1. The number of hydrogen-bond acceptors (Lipinski definition) is 5.